The zero-order chi connectivity index (χ0) is 15.1. The van der Waals surface area contributed by atoms with Crippen molar-refractivity contribution in [1.29, 1.82) is 0 Å². The number of benzene rings is 2. The first kappa shape index (κ1) is 14.8. The number of nitrogens with zero attached hydrogens (tertiary/aromatic N) is 1. The summed E-state index contributed by atoms with van der Waals surface area (Å²) in [6.07, 6.45) is 0. The van der Waals surface area contributed by atoms with Gasteiger partial charge >= 0.3 is 0 Å². The number of hydrogen-bond donors (Lipinski definition) is 1. The van der Waals surface area contributed by atoms with Crippen molar-refractivity contribution in [3.8, 4) is 0 Å². The van der Waals surface area contributed by atoms with Crippen molar-refractivity contribution in [3.05, 3.63) is 66.2 Å². The molecule has 2 rings (SSSR count). The molecule has 2 amide bonds. The molecule has 0 aliphatic rings. The van der Waals surface area contributed by atoms with Gasteiger partial charge in [-0.15, -0.1) is 0 Å². The van der Waals surface area contributed by atoms with E-state index in [1.807, 2.05) is 60.7 Å². The lowest BCUT2D eigenvalue weighted by atomic mass is 10.2. The zero-order valence-corrected chi connectivity index (χ0v) is 12.0. The highest BCUT2D eigenvalue weighted by atomic mass is 16.2. The Morgan fingerprint density at radius 3 is 2.10 bits per heavy atom. The minimum Gasteiger partial charge on any atom is -0.376 e. The predicted molar refractivity (Wildman–Crippen MR) is 82.6 cm³/mol. The summed E-state index contributed by atoms with van der Waals surface area (Å²) in [5, 5.41) is 3.02. The van der Waals surface area contributed by atoms with Crippen LogP contribution in [0.15, 0.2) is 60.7 Å². The van der Waals surface area contributed by atoms with Crippen LogP contribution in [0.1, 0.15) is 12.5 Å². The summed E-state index contributed by atoms with van der Waals surface area (Å²) in [6, 6.07) is 18.9. The summed E-state index contributed by atoms with van der Waals surface area (Å²) in [7, 11) is 0. The second-order valence-electron chi connectivity index (χ2n) is 4.70. The number of anilines is 1. The van der Waals surface area contributed by atoms with E-state index >= 15 is 0 Å². The molecule has 0 saturated carbocycles. The van der Waals surface area contributed by atoms with Crippen LogP contribution in [0.25, 0.3) is 0 Å². The standard InChI is InChI=1S/C17H18N2O2/c1-14(20)19(13-15-8-4-2-5-9-15)17(21)12-18-16-10-6-3-7-11-16/h2-11,18H,12-13H2,1H3. The Balaban J connectivity index is 1.98. The molecule has 0 spiro atoms. The van der Waals surface area contributed by atoms with Crippen LogP contribution in [0.4, 0.5) is 5.69 Å². The molecular formula is C17H18N2O2. The maximum atomic E-state index is 12.2. The molecule has 0 atom stereocenters. The molecule has 0 unspecified atom stereocenters. The average molecular weight is 282 g/mol. The first-order valence-corrected chi connectivity index (χ1v) is 6.80. The number of carbonyl (C=O) groups is 2. The minimum absolute atomic E-state index is 0.0937. The van der Waals surface area contributed by atoms with Crippen molar-refractivity contribution in [2.75, 3.05) is 11.9 Å². The molecule has 0 aromatic heterocycles. The second-order valence-corrected chi connectivity index (χ2v) is 4.70. The molecule has 0 radical (unpaired) electrons. The van der Waals surface area contributed by atoms with Gasteiger partial charge in [0.15, 0.2) is 0 Å². The molecule has 0 saturated heterocycles. The maximum Gasteiger partial charge on any atom is 0.248 e. The topological polar surface area (TPSA) is 49.4 Å². The van der Waals surface area contributed by atoms with E-state index in [4.69, 9.17) is 0 Å². The maximum absolute atomic E-state index is 12.2. The molecule has 4 heteroatoms. The molecule has 4 nitrogen and oxygen atoms in total. The Morgan fingerprint density at radius 1 is 0.952 bits per heavy atom. The van der Waals surface area contributed by atoms with Crippen molar-refractivity contribution >= 4 is 17.5 Å². The lowest BCUT2D eigenvalue weighted by Crippen LogP contribution is -2.38. The zero-order valence-electron chi connectivity index (χ0n) is 12.0. The van der Waals surface area contributed by atoms with Crippen molar-refractivity contribution in [3.63, 3.8) is 0 Å². The van der Waals surface area contributed by atoms with Crippen LogP contribution in [0.5, 0.6) is 0 Å². The van der Waals surface area contributed by atoms with Crippen LogP contribution < -0.4 is 5.32 Å². The highest BCUT2D eigenvalue weighted by Gasteiger charge is 2.17. The van der Waals surface area contributed by atoms with Gasteiger partial charge in [-0.1, -0.05) is 48.5 Å². The fraction of sp³-hybridized carbons (Fsp3) is 0.176. The number of amides is 2. The molecule has 0 heterocycles. The number of para-hydroxylation sites is 1. The molecular weight excluding hydrogens is 264 g/mol. The van der Waals surface area contributed by atoms with Gasteiger partial charge in [0, 0.05) is 12.6 Å². The molecule has 0 aliphatic carbocycles. The normalized spacial score (nSPS) is 9.95. The van der Waals surface area contributed by atoms with Gasteiger partial charge in [0.05, 0.1) is 13.1 Å². The summed E-state index contributed by atoms with van der Waals surface area (Å²) in [4.78, 5) is 25.1. The molecule has 108 valence electrons. The fourth-order valence-corrected chi connectivity index (χ4v) is 1.97. The van der Waals surface area contributed by atoms with Gasteiger partial charge in [-0.2, -0.15) is 0 Å². The third-order valence-electron chi connectivity index (χ3n) is 3.08. The summed E-state index contributed by atoms with van der Waals surface area (Å²) in [6.45, 7) is 1.80. The largest absolute Gasteiger partial charge is 0.376 e. The summed E-state index contributed by atoms with van der Waals surface area (Å²) in [5.74, 6) is -0.492. The van der Waals surface area contributed by atoms with Crippen LogP contribution >= 0.6 is 0 Å². The number of nitrogens with one attached hydrogen (secondary N) is 1. The quantitative estimate of drug-likeness (QED) is 0.917. The van der Waals surface area contributed by atoms with Gasteiger partial charge in [-0.05, 0) is 17.7 Å². The lowest BCUT2D eigenvalue weighted by molar-refractivity contribution is -0.143. The van der Waals surface area contributed by atoms with E-state index in [-0.39, 0.29) is 18.4 Å². The molecule has 0 aliphatic heterocycles. The number of imide groups is 1. The number of carbonyl (C=O) groups excluding carboxylic acids is 2. The Hall–Kier alpha value is -2.62. The van der Waals surface area contributed by atoms with Crippen LogP contribution in [0.3, 0.4) is 0 Å². The summed E-state index contributed by atoms with van der Waals surface area (Å²) in [5.41, 5.74) is 1.79. The molecule has 1 N–H and O–H groups in total. The van der Waals surface area contributed by atoms with Gasteiger partial charge < -0.3 is 5.32 Å². The monoisotopic (exact) mass is 282 g/mol. The van der Waals surface area contributed by atoms with Gasteiger partial charge in [0.1, 0.15) is 0 Å². The SMILES string of the molecule is CC(=O)N(Cc1ccccc1)C(=O)CNc1ccccc1. The minimum atomic E-state index is -0.251. The highest BCUT2D eigenvalue weighted by molar-refractivity contribution is 5.96. The fourth-order valence-electron chi connectivity index (χ4n) is 1.97. The summed E-state index contributed by atoms with van der Waals surface area (Å²) < 4.78 is 0. The van der Waals surface area contributed by atoms with E-state index in [2.05, 4.69) is 5.32 Å². The Morgan fingerprint density at radius 2 is 1.52 bits per heavy atom. The molecule has 21 heavy (non-hydrogen) atoms. The number of hydrogen-bond acceptors (Lipinski definition) is 3. The third kappa shape index (κ3) is 4.45. The van der Waals surface area contributed by atoms with Crippen LogP contribution in [0.2, 0.25) is 0 Å². The predicted octanol–water partition coefficient (Wildman–Crippen LogP) is 2.67. The van der Waals surface area contributed by atoms with Gasteiger partial charge in [0.25, 0.3) is 0 Å². The van der Waals surface area contributed by atoms with Crippen molar-refractivity contribution in [2.24, 2.45) is 0 Å². The van der Waals surface area contributed by atoms with E-state index in [1.165, 1.54) is 11.8 Å². The lowest BCUT2D eigenvalue weighted by Gasteiger charge is -2.19. The van der Waals surface area contributed by atoms with Crippen molar-refractivity contribution in [1.82, 2.24) is 4.90 Å². The van der Waals surface area contributed by atoms with E-state index in [0.29, 0.717) is 6.54 Å². The molecule has 2 aromatic carbocycles. The molecule has 0 bridgehead atoms. The highest BCUT2D eigenvalue weighted by Crippen LogP contribution is 2.07. The Kier molecular flexibility index (Phi) is 5.10. The van der Waals surface area contributed by atoms with Gasteiger partial charge in [-0.25, -0.2) is 0 Å². The van der Waals surface area contributed by atoms with E-state index < -0.39 is 0 Å². The molecule has 2 aromatic rings. The molecule has 0 fully saturated rings. The second kappa shape index (κ2) is 7.24. The smallest absolute Gasteiger partial charge is 0.248 e. The van der Waals surface area contributed by atoms with Crippen LogP contribution in [-0.4, -0.2) is 23.3 Å². The van der Waals surface area contributed by atoms with Crippen LogP contribution in [0, 0.1) is 0 Å². The summed E-state index contributed by atoms with van der Waals surface area (Å²) >= 11 is 0. The third-order valence-corrected chi connectivity index (χ3v) is 3.08. The Labute approximate surface area is 124 Å². The van der Waals surface area contributed by atoms with Crippen molar-refractivity contribution in [2.45, 2.75) is 13.5 Å². The average Bonchev–Trinajstić information content (AvgIpc) is 2.52. The first-order chi connectivity index (χ1) is 10.2. The van der Waals surface area contributed by atoms with Gasteiger partial charge in [0.2, 0.25) is 11.8 Å². The van der Waals surface area contributed by atoms with Crippen LogP contribution in [-0.2, 0) is 16.1 Å². The number of rotatable bonds is 5. The van der Waals surface area contributed by atoms with Gasteiger partial charge in [-0.3, -0.25) is 14.5 Å². The van der Waals surface area contributed by atoms with Crippen molar-refractivity contribution < 1.29 is 9.59 Å². The Bertz CT molecular complexity index is 597. The van der Waals surface area contributed by atoms with E-state index in [1.54, 1.807) is 0 Å². The first-order valence-electron chi connectivity index (χ1n) is 6.80. The van der Waals surface area contributed by atoms with E-state index in [0.717, 1.165) is 11.3 Å². The van der Waals surface area contributed by atoms with E-state index in [9.17, 15) is 9.59 Å².